The summed E-state index contributed by atoms with van der Waals surface area (Å²) in [4.78, 5) is 13.0. The van der Waals surface area contributed by atoms with E-state index >= 15 is 0 Å². The zero-order chi connectivity index (χ0) is 40.2. The molecule has 328 valence electrons. The molecule has 7 atom stereocenters. The Bertz CT molecular complexity index is 832. The Kier molecular flexibility index (Phi) is 35.6. The van der Waals surface area contributed by atoms with Crippen LogP contribution in [0.3, 0.4) is 0 Å². The van der Waals surface area contributed by atoms with Crippen LogP contribution in [0.25, 0.3) is 0 Å². The second kappa shape index (κ2) is 37.5. The van der Waals surface area contributed by atoms with Gasteiger partial charge in [0.15, 0.2) is 6.29 Å². The predicted octanol–water partition coefficient (Wildman–Crippen LogP) is 9.95. The molecule has 1 aliphatic heterocycles. The summed E-state index contributed by atoms with van der Waals surface area (Å²) < 4.78 is 11.3. The summed E-state index contributed by atoms with van der Waals surface area (Å²) in [5.74, 6) is -0.140. The van der Waals surface area contributed by atoms with E-state index in [1.807, 2.05) is 0 Å². The van der Waals surface area contributed by atoms with Gasteiger partial charge in [-0.25, -0.2) is 0 Å². The van der Waals surface area contributed by atoms with Gasteiger partial charge in [0.25, 0.3) is 0 Å². The molecule has 1 rings (SSSR count). The maximum absolute atomic E-state index is 13.0. The van der Waals surface area contributed by atoms with Crippen molar-refractivity contribution < 1.29 is 39.8 Å². The van der Waals surface area contributed by atoms with Crippen LogP contribution in [-0.4, -0.2) is 87.5 Å². The first kappa shape index (κ1) is 52.2. The minimum atomic E-state index is -1.55. The highest BCUT2D eigenvalue weighted by Gasteiger charge is 2.44. The molecular weight excluding hydrogens is 695 g/mol. The predicted molar refractivity (Wildman–Crippen MR) is 226 cm³/mol. The monoisotopic (exact) mass is 786 g/mol. The highest BCUT2D eigenvalue weighted by atomic mass is 16.7. The number of carbonyl (C=O) groups excluding carboxylic acids is 1. The van der Waals surface area contributed by atoms with Crippen LogP contribution in [0.5, 0.6) is 0 Å². The Morgan fingerprint density at radius 1 is 0.545 bits per heavy atom. The van der Waals surface area contributed by atoms with Crippen molar-refractivity contribution in [3.8, 4) is 0 Å². The van der Waals surface area contributed by atoms with Crippen molar-refractivity contribution in [2.45, 2.75) is 275 Å². The lowest BCUT2D eigenvalue weighted by molar-refractivity contribution is -0.302. The first-order valence-corrected chi connectivity index (χ1v) is 23.7. The number of ether oxygens (including phenoxy) is 2. The average Bonchev–Trinajstić information content (AvgIpc) is 3.18. The van der Waals surface area contributed by atoms with Crippen LogP contribution in [0, 0.1) is 0 Å². The maximum Gasteiger partial charge on any atom is 0.220 e. The third-order valence-electron chi connectivity index (χ3n) is 11.7. The summed E-state index contributed by atoms with van der Waals surface area (Å²) in [6, 6.07) is -0.711. The number of hydrogen-bond donors (Lipinski definition) is 6. The van der Waals surface area contributed by atoms with Gasteiger partial charge in [-0.2, -0.15) is 0 Å². The molecule has 0 aliphatic carbocycles. The molecule has 1 amide bonds. The van der Waals surface area contributed by atoms with Gasteiger partial charge in [0, 0.05) is 6.42 Å². The Hall–Kier alpha value is -0.810. The molecule has 9 heteroatoms. The minimum Gasteiger partial charge on any atom is -0.394 e. The third kappa shape index (κ3) is 28.3. The summed E-state index contributed by atoms with van der Waals surface area (Å²) in [6.07, 6.45) is 33.9. The number of aliphatic hydroxyl groups excluding tert-OH is 5. The SMILES string of the molecule is CCCCCCCCCCCCCCCCCCCC(=O)NC(COC1OC(CO)C(O)C(O)C1O)C(O)CCCCCCCCCCCCCCCCC. The normalized spacial score (nSPS) is 21.2. The Morgan fingerprint density at radius 3 is 1.29 bits per heavy atom. The number of rotatable bonds is 40. The molecule has 0 radical (unpaired) electrons. The van der Waals surface area contributed by atoms with Gasteiger partial charge in [0.05, 0.1) is 25.4 Å². The van der Waals surface area contributed by atoms with Crippen LogP contribution in [0.15, 0.2) is 0 Å². The largest absolute Gasteiger partial charge is 0.394 e. The van der Waals surface area contributed by atoms with E-state index < -0.39 is 49.5 Å². The molecule has 0 bridgehead atoms. The van der Waals surface area contributed by atoms with Crippen LogP contribution in [-0.2, 0) is 14.3 Å². The Balaban J connectivity index is 2.30. The molecule has 1 saturated heterocycles. The van der Waals surface area contributed by atoms with E-state index in [1.54, 1.807) is 0 Å². The summed E-state index contributed by atoms with van der Waals surface area (Å²) in [5.41, 5.74) is 0. The third-order valence-corrected chi connectivity index (χ3v) is 11.7. The van der Waals surface area contributed by atoms with Crippen LogP contribution in [0.2, 0.25) is 0 Å². The Labute approximate surface area is 338 Å². The molecule has 0 aromatic carbocycles. The number of carbonyl (C=O) groups is 1. The highest BCUT2D eigenvalue weighted by Crippen LogP contribution is 2.23. The molecule has 6 N–H and O–H groups in total. The van der Waals surface area contributed by atoms with E-state index in [-0.39, 0.29) is 12.5 Å². The van der Waals surface area contributed by atoms with Gasteiger partial charge < -0.3 is 40.3 Å². The topological polar surface area (TPSA) is 149 Å². The van der Waals surface area contributed by atoms with E-state index in [4.69, 9.17) is 9.47 Å². The first-order valence-electron chi connectivity index (χ1n) is 23.7. The lowest BCUT2D eigenvalue weighted by Gasteiger charge is -2.40. The number of hydrogen-bond acceptors (Lipinski definition) is 8. The zero-order valence-electron chi connectivity index (χ0n) is 36.0. The standard InChI is InChI=1S/C46H91NO8/c1-3-5-7-9-11-13-15-17-19-20-22-24-26-28-30-32-34-36-42(50)47-39(38-54-46-45(53)44(52)43(51)41(37-48)55-46)40(49)35-33-31-29-27-25-23-21-18-16-14-12-10-8-6-4-2/h39-41,43-46,48-49,51-53H,3-38H2,1-2H3,(H,47,50). The van der Waals surface area contributed by atoms with Crippen molar-refractivity contribution in [3.05, 3.63) is 0 Å². The van der Waals surface area contributed by atoms with Crippen molar-refractivity contribution in [2.24, 2.45) is 0 Å². The quantitative estimate of drug-likeness (QED) is 0.0337. The van der Waals surface area contributed by atoms with Crippen molar-refractivity contribution in [2.75, 3.05) is 13.2 Å². The second-order valence-corrected chi connectivity index (χ2v) is 16.9. The van der Waals surface area contributed by atoms with E-state index in [1.165, 1.54) is 167 Å². The van der Waals surface area contributed by atoms with Gasteiger partial charge in [0.1, 0.15) is 24.4 Å². The fourth-order valence-corrected chi connectivity index (χ4v) is 7.87. The number of aliphatic hydroxyl groups is 5. The lowest BCUT2D eigenvalue weighted by Crippen LogP contribution is -2.60. The molecule has 55 heavy (non-hydrogen) atoms. The van der Waals surface area contributed by atoms with E-state index in [0.29, 0.717) is 12.8 Å². The lowest BCUT2D eigenvalue weighted by atomic mass is 9.99. The summed E-state index contributed by atoms with van der Waals surface area (Å²) in [7, 11) is 0. The van der Waals surface area contributed by atoms with Gasteiger partial charge in [-0.3, -0.25) is 4.79 Å². The number of unbranched alkanes of at least 4 members (excludes halogenated alkanes) is 30. The fourth-order valence-electron chi connectivity index (χ4n) is 7.87. The first-order chi connectivity index (χ1) is 26.8. The van der Waals surface area contributed by atoms with Crippen LogP contribution < -0.4 is 5.32 Å². The summed E-state index contributed by atoms with van der Waals surface area (Å²) in [6.45, 7) is 3.85. The number of amides is 1. The molecule has 1 aliphatic rings. The van der Waals surface area contributed by atoms with Crippen molar-refractivity contribution in [1.29, 1.82) is 0 Å². The smallest absolute Gasteiger partial charge is 0.220 e. The van der Waals surface area contributed by atoms with Gasteiger partial charge in [-0.05, 0) is 12.8 Å². The molecule has 0 spiro atoms. The maximum atomic E-state index is 13.0. The summed E-state index contributed by atoms with van der Waals surface area (Å²) in [5, 5.41) is 54.4. The second-order valence-electron chi connectivity index (χ2n) is 16.9. The molecule has 0 saturated carbocycles. The van der Waals surface area contributed by atoms with Gasteiger partial charge >= 0.3 is 0 Å². The van der Waals surface area contributed by atoms with E-state index in [0.717, 1.165) is 38.5 Å². The molecule has 0 aromatic heterocycles. The van der Waals surface area contributed by atoms with E-state index in [2.05, 4.69) is 19.2 Å². The van der Waals surface area contributed by atoms with Crippen LogP contribution in [0.1, 0.15) is 232 Å². The van der Waals surface area contributed by atoms with Crippen molar-refractivity contribution in [1.82, 2.24) is 5.32 Å². The van der Waals surface area contributed by atoms with Crippen LogP contribution in [0.4, 0.5) is 0 Å². The number of nitrogens with one attached hydrogen (secondary N) is 1. The zero-order valence-corrected chi connectivity index (χ0v) is 36.0. The van der Waals surface area contributed by atoms with E-state index in [9.17, 15) is 30.3 Å². The Morgan fingerprint density at radius 2 is 0.909 bits per heavy atom. The molecule has 1 fully saturated rings. The average molecular weight is 786 g/mol. The van der Waals surface area contributed by atoms with Gasteiger partial charge in [-0.15, -0.1) is 0 Å². The molecule has 9 nitrogen and oxygen atoms in total. The van der Waals surface area contributed by atoms with Crippen molar-refractivity contribution >= 4 is 5.91 Å². The van der Waals surface area contributed by atoms with Gasteiger partial charge in [0.2, 0.25) is 5.91 Å². The molecular formula is C46H91NO8. The molecule has 0 aromatic rings. The molecule has 1 heterocycles. The highest BCUT2D eigenvalue weighted by molar-refractivity contribution is 5.76. The van der Waals surface area contributed by atoms with Crippen LogP contribution >= 0.6 is 0 Å². The minimum absolute atomic E-state index is 0.132. The summed E-state index contributed by atoms with van der Waals surface area (Å²) >= 11 is 0. The van der Waals surface area contributed by atoms with Gasteiger partial charge in [-0.1, -0.05) is 213 Å². The van der Waals surface area contributed by atoms with Crippen molar-refractivity contribution in [3.63, 3.8) is 0 Å². The fraction of sp³-hybridized carbons (Fsp3) is 0.978. The molecule has 7 unspecified atom stereocenters.